The quantitative estimate of drug-likeness (QED) is 0.263. The number of nitrogens with zero attached hydrogens (tertiary/aromatic N) is 2. The van der Waals surface area contributed by atoms with Crippen LogP contribution in [0.4, 0.5) is 10.5 Å². The van der Waals surface area contributed by atoms with Crippen LogP contribution >= 0.6 is 11.6 Å². The average Bonchev–Trinajstić information content (AvgIpc) is 3.38. The zero-order valence-corrected chi connectivity index (χ0v) is 24.9. The standard InChI is InChI=1S/C28H36ClN5O7S/c1-2-39-28(36)33-10-8-19(9-11-33)31-23-15-18(29)14-22-24(23)32-25(27(30)35)26(22)42(37,38)34-12-13-40-21(16-34)17-41-20-6-4-3-5-7-20/h3-7,14-15,19,21,27,31-32,35H,2,8-13,16-17,30H2,1H3. The van der Waals surface area contributed by atoms with Gasteiger partial charge in [0.15, 0.2) is 0 Å². The molecule has 228 valence electrons. The van der Waals surface area contributed by atoms with E-state index in [9.17, 15) is 18.3 Å². The Hall–Kier alpha value is -3.07. The Morgan fingerprint density at radius 2 is 1.98 bits per heavy atom. The predicted octanol–water partition coefficient (Wildman–Crippen LogP) is 3.27. The molecular formula is C28H36ClN5O7S. The van der Waals surface area contributed by atoms with Crippen LogP contribution in [0.1, 0.15) is 31.7 Å². The lowest BCUT2D eigenvalue weighted by atomic mass is 10.0. The molecule has 42 heavy (non-hydrogen) atoms. The van der Waals surface area contributed by atoms with Crippen molar-refractivity contribution in [2.75, 3.05) is 51.3 Å². The van der Waals surface area contributed by atoms with Gasteiger partial charge < -0.3 is 40.3 Å². The van der Waals surface area contributed by atoms with E-state index >= 15 is 0 Å². The van der Waals surface area contributed by atoms with Crippen LogP contribution < -0.4 is 15.8 Å². The molecule has 14 heteroatoms. The van der Waals surface area contributed by atoms with Crippen molar-refractivity contribution in [1.82, 2.24) is 14.2 Å². The van der Waals surface area contributed by atoms with Crippen LogP contribution in [0.15, 0.2) is 47.4 Å². The second-order valence-corrected chi connectivity index (χ2v) is 12.6. The Kier molecular flexibility index (Phi) is 9.45. The Labute approximate surface area is 249 Å². The predicted molar refractivity (Wildman–Crippen MR) is 158 cm³/mol. The molecule has 2 saturated heterocycles. The third kappa shape index (κ3) is 6.61. The molecule has 5 N–H and O–H groups in total. The van der Waals surface area contributed by atoms with E-state index in [-0.39, 0.29) is 49.0 Å². The first-order valence-corrected chi connectivity index (χ1v) is 15.8. The summed E-state index contributed by atoms with van der Waals surface area (Å²) < 4.78 is 46.2. The van der Waals surface area contributed by atoms with E-state index in [4.69, 9.17) is 31.5 Å². The number of sulfonamides is 1. The maximum atomic E-state index is 14.1. The average molecular weight is 622 g/mol. The van der Waals surface area contributed by atoms with Crippen molar-refractivity contribution in [1.29, 1.82) is 0 Å². The minimum Gasteiger partial charge on any atom is -0.491 e. The summed E-state index contributed by atoms with van der Waals surface area (Å²) in [5.74, 6) is 0.660. The fourth-order valence-electron chi connectivity index (χ4n) is 5.34. The van der Waals surface area contributed by atoms with Crippen LogP contribution in [0.25, 0.3) is 10.9 Å². The maximum Gasteiger partial charge on any atom is 0.409 e. The second kappa shape index (κ2) is 13.1. The maximum absolute atomic E-state index is 14.1. The van der Waals surface area contributed by atoms with Gasteiger partial charge in [0.1, 0.15) is 29.6 Å². The fraction of sp³-hybridized carbons (Fsp3) is 0.464. The molecule has 0 saturated carbocycles. The van der Waals surface area contributed by atoms with Crippen molar-refractivity contribution >= 4 is 44.3 Å². The summed E-state index contributed by atoms with van der Waals surface area (Å²) in [4.78, 5) is 16.7. The van der Waals surface area contributed by atoms with E-state index in [2.05, 4.69) is 10.3 Å². The summed E-state index contributed by atoms with van der Waals surface area (Å²) in [6, 6.07) is 12.5. The smallest absolute Gasteiger partial charge is 0.409 e. The number of nitrogens with one attached hydrogen (secondary N) is 2. The molecule has 2 unspecified atom stereocenters. The number of ether oxygens (including phenoxy) is 3. The van der Waals surface area contributed by atoms with Crippen molar-refractivity contribution in [3.63, 3.8) is 0 Å². The van der Waals surface area contributed by atoms with Crippen LogP contribution in [-0.4, -0.2) is 92.0 Å². The first-order valence-electron chi connectivity index (χ1n) is 13.9. The number of benzene rings is 2. The van der Waals surface area contributed by atoms with E-state index in [1.54, 1.807) is 24.0 Å². The lowest BCUT2D eigenvalue weighted by Gasteiger charge is -2.32. The van der Waals surface area contributed by atoms with Crippen molar-refractivity contribution < 1.29 is 32.5 Å². The topological polar surface area (TPSA) is 159 Å². The molecule has 2 fully saturated rings. The van der Waals surface area contributed by atoms with Gasteiger partial charge in [0.05, 0.1) is 30.1 Å². The van der Waals surface area contributed by atoms with E-state index in [1.807, 2.05) is 30.3 Å². The molecule has 1 aromatic heterocycles. The Morgan fingerprint density at radius 1 is 1.24 bits per heavy atom. The van der Waals surface area contributed by atoms with Crippen molar-refractivity contribution in [3.8, 4) is 5.75 Å². The van der Waals surface area contributed by atoms with Gasteiger partial charge >= 0.3 is 6.09 Å². The molecule has 2 aliphatic rings. The molecule has 0 spiro atoms. The van der Waals surface area contributed by atoms with Crippen LogP contribution in [-0.2, 0) is 19.5 Å². The van der Waals surface area contributed by atoms with E-state index in [0.29, 0.717) is 59.9 Å². The Balaban J connectivity index is 1.39. The van der Waals surface area contributed by atoms with Gasteiger partial charge in [0.25, 0.3) is 0 Å². The number of aromatic amines is 1. The van der Waals surface area contributed by atoms with Crippen molar-refractivity contribution in [2.45, 2.75) is 43.0 Å². The number of likely N-dealkylation sites (tertiary alicyclic amines) is 1. The number of aliphatic hydroxyl groups is 1. The number of para-hydroxylation sites is 1. The van der Waals surface area contributed by atoms with Gasteiger partial charge in [-0.05, 0) is 44.0 Å². The van der Waals surface area contributed by atoms with Gasteiger partial charge in [0.2, 0.25) is 10.0 Å². The number of hydrogen-bond donors (Lipinski definition) is 4. The summed E-state index contributed by atoms with van der Waals surface area (Å²) in [5.41, 5.74) is 6.88. The number of halogens is 1. The number of carbonyl (C=O) groups excluding carboxylic acids is 1. The van der Waals surface area contributed by atoms with Crippen LogP contribution in [0, 0.1) is 0 Å². The minimum atomic E-state index is -4.14. The molecule has 2 aliphatic heterocycles. The molecule has 3 heterocycles. The van der Waals surface area contributed by atoms with Crippen molar-refractivity contribution in [2.24, 2.45) is 5.73 Å². The zero-order chi connectivity index (χ0) is 29.9. The summed E-state index contributed by atoms with van der Waals surface area (Å²) in [5, 5.41) is 14.5. The highest BCUT2D eigenvalue weighted by Gasteiger charge is 2.36. The van der Waals surface area contributed by atoms with Gasteiger partial charge in [-0.3, -0.25) is 0 Å². The highest BCUT2D eigenvalue weighted by molar-refractivity contribution is 7.89. The number of hydrogen-bond acceptors (Lipinski definition) is 9. The number of H-pyrrole nitrogens is 1. The molecule has 5 rings (SSSR count). The summed E-state index contributed by atoms with van der Waals surface area (Å²) in [7, 11) is -4.14. The summed E-state index contributed by atoms with van der Waals surface area (Å²) in [6.07, 6.45) is -1.10. The lowest BCUT2D eigenvalue weighted by molar-refractivity contribution is -0.0249. The molecule has 3 aromatic rings. The number of aromatic nitrogens is 1. The third-order valence-corrected chi connectivity index (χ3v) is 9.59. The van der Waals surface area contributed by atoms with E-state index in [0.717, 1.165) is 0 Å². The molecule has 0 bridgehead atoms. The first kappa shape index (κ1) is 30.4. The number of amides is 1. The molecule has 0 aliphatic carbocycles. The largest absolute Gasteiger partial charge is 0.491 e. The van der Waals surface area contributed by atoms with Gasteiger partial charge in [0, 0.05) is 42.6 Å². The summed E-state index contributed by atoms with van der Waals surface area (Å²) in [6.45, 7) is 3.67. The minimum absolute atomic E-state index is 0.00318. The number of piperidine rings is 1. The number of carbonyl (C=O) groups is 1. The third-order valence-electron chi connectivity index (χ3n) is 7.41. The molecule has 2 atom stereocenters. The number of anilines is 1. The zero-order valence-electron chi connectivity index (χ0n) is 23.3. The summed E-state index contributed by atoms with van der Waals surface area (Å²) >= 11 is 6.50. The van der Waals surface area contributed by atoms with Gasteiger partial charge in [-0.1, -0.05) is 29.8 Å². The Morgan fingerprint density at radius 3 is 2.67 bits per heavy atom. The number of fused-ring (bicyclic) bond motifs is 1. The van der Waals surface area contributed by atoms with Crippen LogP contribution in [0.2, 0.25) is 5.02 Å². The molecule has 1 amide bonds. The Bertz CT molecular complexity index is 1490. The number of morpholine rings is 1. The van der Waals surface area contributed by atoms with Crippen LogP contribution in [0.3, 0.4) is 0 Å². The number of rotatable bonds is 9. The lowest BCUT2D eigenvalue weighted by Crippen LogP contribution is -2.47. The van der Waals surface area contributed by atoms with Gasteiger partial charge in [-0.2, -0.15) is 4.31 Å². The molecule has 12 nitrogen and oxygen atoms in total. The number of aliphatic hydroxyl groups excluding tert-OH is 1. The highest BCUT2D eigenvalue weighted by Crippen LogP contribution is 2.38. The van der Waals surface area contributed by atoms with Crippen LogP contribution in [0.5, 0.6) is 5.75 Å². The molecule has 2 aromatic carbocycles. The van der Waals surface area contributed by atoms with Gasteiger partial charge in [-0.25, -0.2) is 13.2 Å². The SMILES string of the molecule is CCOC(=O)N1CCC(Nc2cc(Cl)cc3c(S(=O)(=O)N4CCOC(COc5ccccc5)C4)c(C(N)O)[nH]c23)CC1. The second-order valence-electron chi connectivity index (χ2n) is 10.3. The monoisotopic (exact) mass is 621 g/mol. The first-order chi connectivity index (χ1) is 20.2. The fourth-order valence-corrected chi connectivity index (χ4v) is 7.39. The van der Waals surface area contributed by atoms with Gasteiger partial charge in [-0.15, -0.1) is 0 Å². The van der Waals surface area contributed by atoms with Crippen molar-refractivity contribution in [3.05, 3.63) is 53.2 Å². The van der Waals surface area contributed by atoms with E-state index < -0.39 is 22.4 Å². The molecular weight excluding hydrogens is 586 g/mol. The highest BCUT2D eigenvalue weighted by atomic mass is 35.5. The molecule has 0 radical (unpaired) electrons. The normalized spacial score (nSPS) is 19.5. The van der Waals surface area contributed by atoms with E-state index in [1.165, 1.54) is 4.31 Å². The number of nitrogens with two attached hydrogens (primary N) is 1.